The van der Waals surface area contributed by atoms with Gasteiger partial charge in [-0.3, -0.25) is 9.98 Å². The van der Waals surface area contributed by atoms with Gasteiger partial charge in [0.25, 0.3) is 0 Å². The van der Waals surface area contributed by atoms with Gasteiger partial charge in [0.15, 0.2) is 5.96 Å². The number of hydrogen-bond donors (Lipinski definition) is 2. The van der Waals surface area contributed by atoms with E-state index in [-0.39, 0.29) is 24.0 Å². The molecule has 0 aliphatic carbocycles. The third kappa shape index (κ3) is 6.26. The third-order valence-electron chi connectivity index (χ3n) is 2.64. The number of nitrogens with zero attached hydrogens (tertiary/aromatic N) is 3. The minimum atomic E-state index is 0. The van der Waals surface area contributed by atoms with E-state index >= 15 is 0 Å². The Labute approximate surface area is 146 Å². The first-order valence-electron chi connectivity index (χ1n) is 6.23. The summed E-state index contributed by atoms with van der Waals surface area (Å²) in [5, 5.41) is 6.89. The molecule has 112 valence electrons. The van der Waals surface area contributed by atoms with Gasteiger partial charge >= 0.3 is 0 Å². The standard InChI is InChI=1S/C14H16ClN5.HI/c1-16-14(20-10-12-4-2-3-7-17-12)19-9-11-5-6-13(15)18-8-11;/h2-8H,9-10H2,1H3,(H2,16,19,20);1H. The van der Waals surface area contributed by atoms with Gasteiger partial charge in [0.1, 0.15) is 5.15 Å². The molecule has 0 unspecified atom stereocenters. The normalized spacial score (nSPS) is 10.7. The van der Waals surface area contributed by atoms with Crippen LogP contribution in [-0.2, 0) is 13.1 Å². The predicted molar refractivity (Wildman–Crippen MR) is 95.9 cm³/mol. The molecule has 2 aromatic rings. The maximum absolute atomic E-state index is 5.74. The van der Waals surface area contributed by atoms with E-state index in [1.54, 1.807) is 25.5 Å². The lowest BCUT2D eigenvalue weighted by atomic mass is 10.3. The molecule has 2 N–H and O–H groups in total. The van der Waals surface area contributed by atoms with Crippen LogP contribution in [0.3, 0.4) is 0 Å². The minimum absolute atomic E-state index is 0. The Hall–Kier alpha value is -1.41. The van der Waals surface area contributed by atoms with Crippen LogP contribution in [-0.4, -0.2) is 23.0 Å². The molecule has 2 rings (SSSR count). The lowest BCUT2D eigenvalue weighted by molar-refractivity contribution is 0.792. The van der Waals surface area contributed by atoms with Gasteiger partial charge in [-0.15, -0.1) is 24.0 Å². The fourth-order valence-electron chi connectivity index (χ4n) is 1.59. The summed E-state index contributed by atoms with van der Waals surface area (Å²) >= 11 is 5.74. The number of halogens is 2. The lowest BCUT2D eigenvalue weighted by Gasteiger charge is -2.11. The Bertz CT molecular complexity index is 559. The van der Waals surface area contributed by atoms with Crippen molar-refractivity contribution in [2.75, 3.05) is 7.05 Å². The predicted octanol–water partition coefficient (Wildman–Crippen LogP) is 2.61. The molecular weight excluding hydrogens is 401 g/mol. The van der Waals surface area contributed by atoms with E-state index in [9.17, 15) is 0 Å². The highest BCUT2D eigenvalue weighted by molar-refractivity contribution is 14.0. The van der Waals surface area contributed by atoms with Gasteiger partial charge in [0.05, 0.1) is 12.2 Å². The largest absolute Gasteiger partial charge is 0.352 e. The van der Waals surface area contributed by atoms with E-state index in [2.05, 4.69) is 25.6 Å². The topological polar surface area (TPSA) is 62.2 Å². The molecule has 0 saturated heterocycles. The molecule has 0 bridgehead atoms. The molecule has 0 spiro atoms. The van der Waals surface area contributed by atoms with Crippen molar-refractivity contribution in [3.05, 3.63) is 59.1 Å². The summed E-state index contributed by atoms with van der Waals surface area (Å²) in [6, 6.07) is 9.50. The van der Waals surface area contributed by atoms with Crippen LogP contribution in [0.1, 0.15) is 11.3 Å². The van der Waals surface area contributed by atoms with Gasteiger partial charge in [0, 0.05) is 26.0 Å². The highest BCUT2D eigenvalue weighted by Gasteiger charge is 2.00. The number of aliphatic imine (C=N–C) groups is 1. The molecule has 21 heavy (non-hydrogen) atoms. The van der Waals surface area contributed by atoms with E-state index in [1.807, 2.05) is 24.3 Å². The van der Waals surface area contributed by atoms with Crippen molar-refractivity contribution < 1.29 is 0 Å². The minimum Gasteiger partial charge on any atom is -0.352 e. The molecule has 0 aromatic carbocycles. The smallest absolute Gasteiger partial charge is 0.191 e. The van der Waals surface area contributed by atoms with Crippen LogP contribution in [0.5, 0.6) is 0 Å². The Morgan fingerprint density at radius 2 is 1.95 bits per heavy atom. The fraction of sp³-hybridized carbons (Fsp3) is 0.214. The van der Waals surface area contributed by atoms with Crippen LogP contribution >= 0.6 is 35.6 Å². The molecule has 2 heterocycles. The average molecular weight is 418 g/mol. The summed E-state index contributed by atoms with van der Waals surface area (Å²) in [4.78, 5) is 12.4. The molecule has 7 heteroatoms. The zero-order chi connectivity index (χ0) is 14.2. The van der Waals surface area contributed by atoms with Crippen molar-refractivity contribution in [3.63, 3.8) is 0 Å². The van der Waals surface area contributed by atoms with Crippen LogP contribution in [0.4, 0.5) is 0 Å². The average Bonchev–Trinajstić information content (AvgIpc) is 2.50. The summed E-state index contributed by atoms with van der Waals surface area (Å²) in [5.41, 5.74) is 2.00. The lowest BCUT2D eigenvalue weighted by Crippen LogP contribution is -2.36. The van der Waals surface area contributed by atoms with Gasteiger partial charge in [-0.25, -0.2) is 4.98 Å². The summed E-state index contributed by atoms with van der Waals surface area (Å²) < 4.78 is 0. The molecule has 0 aliphatic rings. The number of pyridine rings is 2. The summed E-state index contributed by atoms with van der Waals surface area (Å²) in [6.07, 6.45) is 3.51. The first-order chi connectivity index (χ1) is 9.78. The quantitative estimate of drug-likeness (QED) is 0.347. The molecular formula is C14H17ClIN5. The van der Waals surface area contributed by atoms with E-state index in [1.165, 1.54) is 0 Å². The Morgan fingerprint density at radius 3 is 2.57 bits per heavy atom. The second-order valence-corrected chi connectivity index (χ2v) is 4.48. The Morgan fingerprint density at radius 1 is 1.14 bits per heavy atom. The van der Waals surface area contributed by atoms with Crippen LogP contribution in [0, 0.1) is 0 Å². The van der Waals surface area contributed by atoms with Crippen molar-refractivity contribution in [1.82, 2.24) is 20.6 Å². The first kappa shape index (κ1) is 17.6. The maximum atomic E-state index is 5.74. The second kappa shape index (κ2) is 9.51. The molecule has 2 aromatic heterocycles. The molecule has 0 aliphatic heterocycles. The van der Waals surface area contributed by atoms with Crippen molar-refractivity contribution in [2.45, 2.75) is 13.1 Å². The summed E-state index contributed by atoms with van der Waals surface area (Å²) in [7, 11) is 1.73. The zero-order valence-electron chi connectivity index (χ0n) is 11.6. The van der Waals surface area contributed by atoms with E-state index in [0.717, 1.165) is 11.3 Å². The van der Waals surface area contributed by atoms with Gasteiger partial charge < -0.3 is 10.6 Å². The highest BCUT2D eigenvalue weighted by Crippen LogP contribution is 2.04. The molecule has 0 radical (unpaired) electrons. The summed E-state index contributed by atoms with van der Waals surface area (Å²) in [5.74, 6) is 0.714. The highest BCUT2D eigenvalue weighted by atomic mass is 127. The van der Waals surface area contributed by atoms with Gasteiger partial charge in [-0.1, -0.05) is 23.7 Å². The molecule has 0 saturated carbocycles. The van der Waals surface area contributed by atoms with Crippen molar-refractivity contribution in [1.29, 1.82) is 0 Å². The zero-order valence-corrected chi connectivity index (χ0v) is 14.7. The third-order valence-corrected chi connectivity index (χ3v) is 2.86. The number of hydrogen-bond acceptors (Lipinski definition) is 3. The number of rotatable bonds is 4. The van der Waals surface area contributed by atoms with E-state index in [4.69, 9.17) is 11.6 Å². The van der Waals surface area contributed by atoms with Gasteiger partial charge in [0.2, 0.25) is 0 Å². The Kier molecular flexibility index (Phi) is 7.99. The fourth-order valence-corrected chi connectivity index (χ4v) is 1.71. The van der Waals surface area contributed by atoms with Crippen molar-refractivity contribution in [3.8, 4) is 0 Å². The van der Waals surface area contributed by atoms with Crippen LogP contribution < -0.4 is 10.6 Å². The second-order valence-electron chi connectivity index (χ2n) is 4.09. The van der Waals surface area contributed by atoms with E-state index in [0.29, 0.717) is 24.2 Å². The van der Waals surface area contributed by atoms with Crippen LogP contribution in [0.25, 0.3) is 0 Å². The monoisotopic (exact) mass is 417 g/mol. The number of guanidine groups is 1. The molecule has 0 amide bonds. The molecule has 0 atom stereocenters. The van der Waals surface area contributed by atoms with Crippen molar-refractivity contribution in [2.24, 2.45) is 4.99 Å². The van der Waals surface area contributed by atoms with Gasteiger partial charge in [-0.05, 0) is 23.8 Å². The Balaban J connectivity index is 0.00000220. The number of nitrogens with one attached hydrogen (secondary N) is 2. The number of aromatic nitrogens is 2. The SMILES string of the molecule is CN=C(NCc1ccc(Cl)nc1)NCc1ccccn1.I. The van der Waals surface area contributed by atoms with Gasteiger partial charge in [-0.2, -0.15) is 0 Å². The van der Waals surface area contributed by atoms with E-state index < -0.39 is 0 Å². The van der Waals surface area contributed by atoms with Crippen LogP contribution in [0.2, 0.25) is 5.15 Å². The molecule has 0 fully saturated rings. The first-order valence-corrected chi connectivity index (χ1v) is 6.60. The van der Waals surface area contributed by atoms with Crippen molar-refractivity contribution >= 4 is 41.5 Å². The maximum Gasteiger partial charge on any atom is 0.191 e. The summed E-state index contributed by atoms with van der Waals surface area (Å²) in [6.45, 7) is 1.26. The van der Waals surface area contributed by atoms with Crippen LogP contribution in [0.15, 0.2) is 47.7 Å². The molecule has 5 nitrogen and oxygen atoms in total.